The Bertz CT molecular complexity index is 872. The van der Waals surface area contributed by atoms with E-state index in [1.54, 1.807) is 6.21 Å². The van der Waals surface area contributed by atoms with Gasteiger partial charge in [0, 0.05) is 24.4 Å². The topological polar surface area (TPSA) is 87.4 Å². The Morgan fingerprint density at radius 1 is 1.30 bits per heavy atom. The molecule has 2 N–H and O–H groups in total. The van der Waals surface area contributed by atoms with Crippen molar-refractivity contribution in [2.24, 2.45) is 12.0 Å². The smallest absolute Gasteiger partial charge is 0.330 e. The highest BCUT2D eigenvalue weighted by atomic mass is 16.3. The number of benzene rings is 1. The molecule has 20 heavy (non-hydrogen) atoms. The van der Waals surface area contributed by atoms with Crippen LogP contribution in [0.15, 0.2) is 38.8 Å². The second-order valence-electron chi connectivity index (χ2n) is 4.43. The number of aromatic hydroxyl groups is 1. The fourth-order valence-corrected chi connectivity index (χ4v) is 2.07. The number of aliphatic imine (C=N–C) groups is 1. The van der Waals surface area contributed by atoms with E-state index in [-0.39, 0.29) is 11.4 Å². The number of allylic oxidation sites excluding steroid dienone is 1. The largest absolute Gasteiger partial charge is 0.494 e. The molecule has 2 aromatic rings. The predicted molar refractivity (Wildman–Crippen MR) is 76.4 cm³/mol. The number of nitrogens with one attached hydrogen (secondary N) is 1. The Hall–Kier alpha value is -2.89. The summed E-state index contributed by atoms with van der Waals surface area (Å²) in [6.07, 6.45) is 3.14. The van der Waals surface area contributed by atoms with Crippen LogP contribution in [0.5, 0.6) is 5.88 Å². The van der Waals surface area contributed by atoms with Crippen molar-refractivity contribution in [3.05, 3.63) is 56.2 Å². The fraction of sp³-hybridized carbons (Fsp3) is 0.0714. The third-order valence-corrected chi connectivity index (χ3v) is 3.19. The van der Waals surface area contributed by atoms with Crippen molar-refractivity contribution in [2.75, 3.05) is 0 Å². The summed E-state index contributed by atoms with van der Waals surface area (Å²) in [4.78, 5) is 29.5. The number of para-hydroxylation sites is 1. The minimum absolute atomic E-state index is 0.0326. The van der Waals surface area contributed by atoms with E-state index in [0.717, 1.165) is 15.8 Å². The van der Waals surface area contributed by atoms with Gasteiger partial charge in [0.1, 0.15) is 5.56 Å². The van der Waals surface area contributed by atoms with Gasteiger partial charge in [0.15, 0.2) is 0 Å². The second-order valence-corrected chi connectivity index (χ2v) is 4.43. The lowest BCUT2D eigenvalue weighted by Crippen LogP contribution is -2.29. The van der Waals surface area contributed by atoms with Gasteiger partial charge in [-0.15, -0.1) is 0 Å². The maximum Gasteiger partial charge on any atom is 0.330 e. The van der Waals surface area contributed by atoms with Gasteiger partial charge >= 0.3 is 5.69 Å². The highest BCUT2D eigenvalue weighted by molar-refractivity contribution is 6.21. The molecule has 0 saturated heterocycles. The summed E-state index contributed by atoms with van der Waals surface area (Å²) in [5.41, 5.74) is 1.14. The third kappa shape index (κ3) is 1.78. The second kappa shape index (κ2) is 4.34. The molecule has 0 radical (unpaired) electrons. The van der Waals surface area contributed by atoms with Crippen LogP contribution in [-0.4, -0.2) is 20.9 Å². The van der Waals surface area contributed by atoms with Gasteiger partial charge in [0.2, 0.25) is 5.88 Å². The number of H-pyrrole nitrogens is 1. The standard InChI is InChI=1S/C14H11N3O3/c1-17-13(19)10(12(18)16-14(17)20)6-8-7-15-11-5-3-2-4-9(8)11/h2-7,19H,1H3,(H,16,18,20)/b8-6+. The molecule has 100 valence electrons. The molecule has 1 aromatic heterocycles. The summed E-state index contributed by atoms with van der Waals surface area (Å²) in [6.45, 7) is 0. The Morgan fingerprint density at radius 3 is 2.85 bits per heavy atom. The van der Waals surface area contributed by atoms with Crippen LogP contribution in [0.1, 0.15) is 11.1 Å². The lowest BCUT2D eigenvalue weighted by atomic mass is 10.1. The van der Waals surface area contributed by atoms with Crippen molar-refractivity contribution >= 4 is 23.6 Å². The molecule has 0 spiro atoms. The first-order chi connectivity index (χ1) is 9.58. The molecule has 0 fully saturated rings. The van der Waals surface area contributed by atoms with Crippen LogP contribution in [0, 0.1) is 0 Å². The highest BCUT2D eigenvalue weighted by Gasteiger charge is 2.15. The minimum atomic E-state index is -0.657. The minimum Gasteiger partial charge on any atom is -0.494 e. The number of aromatic nitrogens is 2. The number of fused-ring (bicyclic) bond motifs is 1. The van der Waals surface area contributed by atoms with Gasteiger partial charge in [-0.1, -0.05) is 18.2 Å². The normalized spacial score (nSPS) is 14.8. The van der Waals surface area contributed by atoms with Crippen LogP contribution in [0.3, 0.4) is 0 Å². The van der Waals surface area contributed by atoms with Gasteiger partial charge in [-0.25, -0.2) is 4.79 Å². The van der Waals surface area contributed by atoms with Crippen LogP contribution in [0.4, 0.5) is 5.69 Å². The van der Waals surface area contributed by atoms with Gasteiger partial charge in [0.05, 0.1) is 5.69 Å². The SMILES string of the molecule is Cn1c(O)c(/C=C2\C=Nc3ccccc32)c(=O)[nH]c1=O. The van der Waals surface area contributed by atoms with Gasteiger partial charge in [-0.2, -0.15) is 0 Å². The Balaban J connectivity index is 2.21. The third-order valence-electron chi connectivity index (χ3n) is 3.19. The van der Waals surface area contributed by atoms with Crippen LogP contribution in [0.25, 0.3) is 11.6 Å². The van der Waals surface area contributed by atoms with Crippen molar-refractivity contribution in [3.8, 4) is 5.88 Å². The number of rotatable bonds is 1. The Morgan fingerprint density at radius 2 is 2.05 bits per heavy atom. The van der Waals surface area contributed by atoms with Crippen LogP contribution in [0.2, 0.25) is 0 Å². The van der Waals surface area contributed by atoms with Gasteiger partial charge in [0.25, 0.3) is 5.56 Å². The van der Waals surface area contributed by atoms with Crippen molar-refractivity contribution in [1.82, 2.24) is 9.55 Å². The summed E-state index contributed by atoms with van der Waals surface area (Å²) >= 11 is 0. The number of hydrogen-bond donors (Lipinski definition) is 2. The molecule has 0 unspecified atom stereocenters. The van der Waals surface area contributed by atoms with E-state index in [2.05, 4.69) is 9.98 Å². The molecule has 0 aliphatic carbocycles. The Kier molecular flexibility index (Phi) is 2.64. The van der Waals surface area contributed by atoms with E-state index in [1.807, 2.05) is 24.3 Å². The summed E-state index contributed by atoms with van der Waals surface area (Å²) < 4.78 is 0.978. The molecule has 1 aliphatic rings. The molecule has 0 saturated carbocycles. The van der Waals surface area contributed by atoms with E-state index < -0.39 is 11.2 Å². The van der Waals surface area contributed by atoms with E-state index in [9.17, 15) is 14.7 Å². The quantitative estimate of drug-likeness (QED) is 0.810. The Labute approximate surface area is 113 Å². The zero-order valence-electron chi connectivity index (χ0n) is 10.6. The lowest BCUT2D eigenvalue weighted by Gasteiger charge is -2.04. The monoisotopic (exact) mass is 269 g/mol. The molecule has 0 amide bonds. The van der Waals surface area contributed by atoms with Crippen molar-refractivity contribution in [3.63, 3.8) is 0 Å². The first-order valence-corrected chi connectivity index (χ1v) is 5.95. The maximum atomic E-state index is 11.8. The van der Waals surface area contributed by atoms with Gasteiger partial charge in [-0.05, 0) is 12.1 Å². The van der Waals surface area contributed by atoms with E-state index >= 15 is 0 Å². The number of nitrogens with zero attached hydrogens (tertiary/aromatic N) is 2. The van der Waals surface area contributed by atoms with Gasteiger partial charge in [-0.3, -0.25) is 19.3 Å². The zero-order chi connectivity index (χ0) is 14.3. The average Bonchev–Trinajstić information content (AvgIpc) is 2.84. The molecule has 2 heterocycles. The van der Waals surface area contributed by atoms with Gasteiger partial charge < -0.3 is 5.11 Å². The first-order valence-electron chi connectivity index (χ1n) is 5.95. The first kappa shape index (κ1) is 12.2. The zero-order valence-corrected chi connectivity index (χ0v) is 10.6. The molecule has 1 aliphatic heterocycles. The molecule has 1 aromatic carbocycles. The number of aromatic amines is 1. The van der Waals surface area contributed by atoms with Crippen molar-refractivity contribution in [1.29, 1.82) is 0 Å². The number of hydrogen-bond acceptors (Lipinski definition) is 4. The lowest BCUT2D eigenvalue weighted by molar-refractivity contribution is 0.416. The summed E-state index contributed by atoms with van der Waals surface area (Å²) in [5, 5.41) is 9.92. The molecule has 0 atom stereocenters. The average molecular weight is 269 g/mol. The molecule has 3 rings (SSSR count). The molecule has 6 nitrogen and oxygen atoms in total. The molecular weight excluding hydrogens is 258 g/mol. The van der Waals surface area contributed by atoms with Crippen LogP contribution >= 0.6 is 0 Å². The van der Waals surface area contributed by atoms with E-state index in [0.29, 0.717) is 5.57 Å². The van der Waals surface area contributed by atoms with Crippen LogP contribution < -0.4 is 11.2 Å². The summed E-state index contributed by atoms with van der Waals surface area (Å²) in [6, 6.07) is 7.47. The van der Waals surface area contributed by atoms with Crippen molar-refractivity contribution in [2.45, 2.75) is 0 Å². The highest BCUT2D eigenvalue weighted by Crippen LogP contribution is 2.32. The molecule has 0 bridgehead atoms. The maximum absolute atomic E-state index is 11.8. The summed E-state index contributed by atoms with van der Waals surface area (Å²) in [7, 11) is 1.38. The van der Waals surface area contributed by atoms with Crippen LogP contribution in [-0.2, 0) is 7.05 Å². The van der Waals surface area contributed by atoms with Crippen molar-refractivity contribution < 1.29 is 5.11 Å². The van der Waals surface area contributed by atoms with E-state index in [1.165, 1.54) is 13.1 Å². The fourth-order valence-electron chi connectivity index (χ4n) is 2.07. The van der Waals surface area contributed by atoms with E-state index in [4.69, 9.17) is 0 Å². The molecule has 6 heteroatoms. The molecular formula is C14H11N3O3. The predicted octanol–water partition coefficient (Wildman–Crippen LogP) is 1.04. The summed E-state index contributed by atoms with van der Waals surface area (Å²) in [5.74, 6) is -0.371.